The highest BCUT2D eigenvalue weighted by molar-refractivity contribution is 14.0. The highest BCUT2D eigenvalue weighted by Gasteiger charge is 2.14. The monoisotopic (exact) mass is 395 g/mol. The van der Waals surface area contributed by atoms with Crippen LogP contribution in [-0.2, 0) is 0 Å². The van der Waals surface area contributed by atoms with Crippen molar-refractivity contribution in [2.75, 3.05) is 0 Å². The Kier molecular flexibility index (Phi) is 4.72. The third kappa shape index (κ3) is 2.83. The van der Waals surface area contributed by atoms with Gasteiger partial charge in [-0.15, -0.1) is 24.0 Å². The summed E-state index contributed by atoms with van der Waals surface area (Å²) in [6, 6.07) is 18.2. The van der Waals surface area contributed by atoms with Gasteiger partial charge < -0.3 is 10.7 Å². The summed E-state index contributed by atoms with van der Waals surface area (Å²) >= 11 is 1.29. The molecule has 5 heteroatoms. The van der Waals surface area contributed by atoms with Gasteiger partial charge in [0.1, 0.15) is 0 Å². The van der Waals surface area contributed by atoms with Gasteiger partial charge in [0.05, 0.1) is 5.69 Å². The fraction of sp³-hybridized carbons (Fsp3) is 0. The lowest BCUT2D eigenvalue weighted by atomic mass is 10.1. The largest absolute Gasteiger partial charge is 0.378 e. The Morgan fingerprint density at radius 3 is 2.35 bits per heavy atom. The van der Waals surface area contributed by atoms with Gasteiger partial charge in [0.15, 0.2) is 5.17 Å². The number of rotatable bonds is 2. The van der Waals surface area contributed by atoms with Crippen molar-refractivity contribution in [2.24, 2.45) is 5.73 Å². The molecule has 3 nitrogen and oxygen atoms in total. The molecule has 102 valence electrons. The van der Waals surface area contributed by atoms with E-state index in [1.165, 1.54) is 11.8 Å². The Balaban J connectivity index is 0.00000147. The summed E-state index contributed by atoms with van der Waals surface area (Å²) in [5.74, 6) is 0. The molecule has 20 heavy (non-hydrogen) atoms. The van der Waals surface area contributed by atoms with Crippen LogP contribution in [0.5, 0.6) is 0 Å². The lowest BCUT2D eigenvalue weighted by molar-refractivity contribution is 1.40. The Bertz CT molecular complexity index is 737. The number of para-hydroxylation sites is 1. The van der Waals surface area contributed by atoms with E-state index in [2.05, 4.69) is 17.1 Å². The third-order valence-electron chi connectivity index (χ3n) is 2.93. The second-order valence-electron chi connectivity index (χ2n) is 4.21. The molecule has 0 bridgehead atoms. The summed E-state index contributed by atoms with van der Waals surface area (Å²) in [5.41, 5.74) is 8.73. The summed E-state index contributed by atoms with van der Waals surface area (Å²) in [6.45, 7) is 0. The number of halogens is 1. The molecule has 0 aliphatic heterocycles. The van der Waals surface area contributed by atoms with Crippen LogP contribution in [0.15, 0.2) is 59.5 Å². The van der Waals surface area contributed by atoms with Crippen molar-refractivity contribution < 1.29 is 0 Å². The third-order valence-corrected chi connectivity index (χ3v) is 3.78. The Hall–Kier alpha value is -1.47. The van der Waals surface area contributed by atoms with Gasteiger partial charge in [0.2, 0.25) is 0 Å². The zero-order chi connectivity index (χ0) is 13.2. The molecule has 0 atom stereocenters. The van der Waals surface area contributed by atoms with Crippen LogP contribution in [0.25, 0.3) is 22.2 Å². The molecule has 1 aromatic heterocycles. The van der Waals surface area contributed by atoms with Crippen LogP contribution in [0.4, 0.5) is 0 Å². The molecular formula is C15H14IN3S. The molecule has 0 amide bonds. The summed E-state index contributed by atoms with van der Waals surface area (Å²) < 4.78 is 0. The predicted molar refractivity (Wildman–Crippen MR) is 96.9 cm³/mol. The van der Waals surface area contributed by atoms with E-state index in [0.29, 0.717) is 0 Å². The Morgan fingerprint density at radius 1 is 1.00 bits per heavy atom. The first-order chi connectivity index (χ1) is 9.25. The summed E-state index contributed by atoms with van der Waals surface area (Å²) in [6.07, 6.45) is 0. The molecule has 0 fully saturated rings. The number of aromatic amines is 1. The van der Waals surface area contributed by atoms with Crippen LogP contribution in [0.1, 0.15) is 0 Å². The van der Waals surface area contributed by atoms with Crippen LogP contribution in [0.3, 0.4) is 0 Å². The van der Waals surface area contributed by atoms with Gasteiger partial charge in [-0.3, -0.25) is 5.41 Å². The highest BCUT2D eigenvalue weighted by atomic mass is 127. The maximum absolute atomic E-state index is 7.53. The summed E-state index contributed by atoms with van der Waals surface area (Å²) in [7, 11) is 0. The van der Waals surface area contributed by atoms with Gasteiger partial charge in [0, 0.05) is 15.8 Å². The second kappa shape index (κ2) is 6.32. The second-order valence-corrected chi connectivity index (χ2v) is 5.26. The number of thioether (sulfide) groups is 1. The molecule has 0 aliphatic carbocycles. The van der Waals surface area contributed by atoms with Gasteiger partial charge in [-0.25, -0.2) is 0 Å². The highest BCUT2D eigenvalue weighted by Crippen LogP contribution is 2.37. The standard InChI is InChI=1S/C15H13N3S.HI/c16-15(17)19-14-11-8-4-5-9-12(11)18-13(14)10-6-2-1-3-7-10;/h1-9,18H,(H3,16,17);1H. The molecule has 2 aromatic carbocycles. The van der Waals surface area contributed by atoms with Crippen molar-refractivity contribution in [3.63, 3.8) is 0 Å². The fourth-order valence-corrected chi connectivity index (χ4v) is 2.92. The predicted octanol–water partition coefficient (Wildman–Crippen LogP) is 4.44. The van der Waals surface area contributed by atoms with Gasteiger partial charge >= 0.3 is 0 Å². The number of nitrogens with one attached hydrogen (secondary N) is 2. The van der Waals surface area contributed by atoms with E-state index < -0.39 is 0 Å². The van der Waals surface area contributed by atoms with Crippen molar-refractivity contribution in [1.29, 1.82) is 5.41 Å². The minimum atomic E-state index is 0. The number of nitrogens with two attached hydrogens (primary N) is 1. The molecule has 1 heterocycles. The number of hydrogen-bond acceptors (Lipinski definition) is 2. The number of amidine groups is 1. The minimum Gasteiger partial charge on any atom is -0.378 e. The maximum Gasteiger partial charge on any atom is 0.156 e. The van der Waals surface area contributed by atoms with E-state index in [0.717, 1.165) is 27.1 Å². The number of benzene rings is 2. The number of H-pyrrole nitrogens is 1. The number of hydrogen-bond donors (Lipinski definition) is 3. The van der Waals surface area contributed by atoms with E-state index >= 15 is 0 Å². The van der Waals surface area contributed by atoms with Crippen LogP contribution in [0.2, 0.25) is 0 Å². The molecule has 0 spiro atoms. The first-order valence-corrected chi connectivity index (χ1v) is 6.75. The average molecular weight is 395 g/mol. The van der Waals surface area contributed by atoms with Crippen LogP contribution in [-0.4, -0.2) is 10.2 Å². The van der Waals surface area contributed by atoms with E-state index in [-0.39, 0.29) is 29.1 Å². The van der Waals surface area contributed by atoms with Crippen molar-refractivity contribution in [1.82, 2.24) is 4.98 Å². The van der Waals surface area contributed by atoms with Crippen molar-refractivity contribution in [3.05, 3.63) is 54.6 Å². The van der Waals surface area contributed by atoms with Gasteiger partial charge in [-0.2, -0.15) is 0 Å². The smallest absolute Gasteiger partial charge is 0.156 e. The van der Waals surface area contributed by atoms with E-state index in [1.807, 2.05) is 42.5 Å². The zero-order valence-electron chi connectivity index (χ0n) is 10.6. The maximum atomic E-state index is 7.53. The molecule has 0 radical (unpaired) electrons. The van der Waals surface area contributed by atoms with Crippen molar-refractivity contribution in [2.45, 2.75) is 4.90 Å². The van der Waals surface area contributed by atoms with Gasteiger partial charge in [0.25, 0.3) is 0 Å². The van der Waals surface area contributed by atoms with Crippen LogP contribution >= 0.6 is 35.7 Å². The van der Waals surface area contributed by atoms with E-state index in [9.17, 15) is 0 Å². The van der Waals surface area contributed by atoms with Crippen LogP contribution in [0, 0.1) is 5.41 Å². The lowest BCUT2D eigenvalue weighted by Crippen LogP contribution is -2.03. The molecular weight excluding hydrogens is 381 g/mol. The topological polar surface area (TPSA) is 65.7 Å². The van der Waals surface area contributed by atoms with E-state index in [1.54, 1.807) is 0 Å². The molecule has 3 aromatic rings. The first-order valence-electron chi connectivity index (χ1n) is 5.93. The zero-order valence-corrected chi connectivity index (χ0v) is 13.7. The summed E-state index contributed by atoms with van der Waals surface area (Å²) in [4.78, 5) is 4.42. The van der Waals surface area contributed by atoms with Gasteiger partial charge in [-0.1, -0.05) is 60.3 Å². The molecule has 4 N–H and O–H groups in total. The first kappa shape index (κ1) is 14.9. The molecule has 0 unspecified atom stereocenters. The number of aromatic nitrogens is 1. The molecule has 0 saturated carbocycles. The quantitative estimate of drug-likeness (QED) is 0.260. The summed E-state index contributed by atoms with van der Waals surface area (Å²) in [5, 5.41) is 8.73. The van der Waals surface area contributed by atoms with Crippen LogP contribution < -0.4 is 5.73 Å². The van der Waals surface area contributed by atoms with Crippen molar-refractivity contribution in [3.8, 4) is 11.3 Å². The van der Waals surface area contributed by atoms with Gasteiger partial charge in [-0.05, 0) is 11.6 Å². The normalized spacial score (nSPS) is 10.2. The lowest BCUT2D eigenvalue weighted by Gasteiger charge is -2.03. The minimum absolute atomic E-state index is 0. The average Bonchev–Trinajstić information content (AvgIpc) is 2.78. The van der Waals surface area contributed by atoms with E-state index in [4.69, 9.17) is 11.1 Å². The fourth-order valence-electron chi connectivity index (χ4n) is 2.14. The Labute approximate surface area is 138 Å². The molecule has 0 aliphatic rings. The Morgan fingerprint density at radius 2 is 1.65 bits per heavy atom. The molecule has 0 saturated heterocycles. The molecule has 3 rings (SSSR count). The SMILES string of the molecule is I.N=C(N)Sc1c(-c2ccccc2)[nH]c2ccccc12. The van der Waals surface area contributed by atoms with Crippen molar-refractivity contribution >= 4 is 51.8 Å². The number of fused-ring (bicyclic) bond motifs is 1.